The molecule has 140 valence electrons. The molecule has 2 aromatic heterocycles. The van der Waals surface area contributed by atoms with Crippen LogP contribution in [0.5, 0.6) is 0 Å². The summed E-state index contributed by atoms with van der Waals surface area (Å²) in [5, 5.41) is 7.24. The van der Waals surface area contributed by atoms with Crippen LogP contribution in [0.15, 0.2) is 64.5 Å². The standard InChI is InChI=1S/C21H15ClN2O3S/c1-13-18(19(24-27-13)16-9-5-6-10-17(16)22)21(25)26-11-15-12-28-20(23-15)14-7-3-2-4-8-14/h2-10,12H,11H2,1H3. The van der Waals surface area contributed by atoms with E-state index in [1.165, 1.54) is 11.3 Å². The van der Waals surface area contributed by atoms with E-state index >= 15 is 0 Å². The Balaban J connectivity index is 1.52. The molecule has 0 aliphatic heterocycles. The van der Waals surface area contributed by atoms with Crippen molar-refractivity contribution < 1.29 is 14.1 Å². The van der Waals surface area contributed by atoms with Crippen LogP contribution >= 0.6 is 22.9 Å². The second kappa shape index (κ2) is 7.96. The van der Waals surface area contributed by atoms with Crippen molar-refractivity contribution in [3.8, 4) is 21.8 Å². The molecular formula is C21H15ClN2O3S. The SMILES string of the molecule is Cc1onc(-c2ccccc2Cl)c1C(=O)OCc1csc(-c2ccccc2)n1. The molecule has 0 amide bonds. The Kier molecular flexibility index (Phi) is 5.23. The Morgan fingerprint density at radius 3 is 2.68 bits per heavy atom. The highest BCUT2D eigenvalue weighted by Crippen LogP contribution is 2.31. The summed E-state index contributed by atoms with van der Waals surface area (Å²) in [6, 6.07) is 17.0. The van der Waals surface area contributed by atoms with E-state index in [4.69, 9.17) is 20.9 Å². The first-order valence-corrected chi connectivity index (χ1v) is 9.77. The van der Waals surface area contributed by atoms with E-state index in [9.17, 15) is 4.79 Å². The molecule has 4 rings (SSSR count). The maximum absolute atomic E-state index is 12.7. The number of rotatable bonds is 5. The molecule has 0 atom stereocenters. The van der Waals surface area contributed by atoms with Gasteiger partial charge < -0.3 is 9.26 Å². The molecule has 0 fully saturated rings. The van der Waals surface area contributed by atoms with Crippen molar-refractivity contribution in [2.45, 2.75) is 13.5 Å². The number of benzene rings is 2. The van der Waals surface area contributed by atoms with Gasteiger partial charge in [-0.3, -0.25) is 0 Å². The van der Waals surface area contributed by atoms with Crippen LogP contribution in [-0.4, -0.2) is 16.1 Å². The van der Waals surface area contributed by atoms with E-state index in [1.807, 2.05) is 47.8 Å². The summed E-state index contributed by atoms with van der Waals surface area (Å²) in [6.45, 7) is 1.73. The number of carbonyl (C=O) groups is 1. The largest absolute Gasteiger partial charge is 0.455 e. The van der Waals surface area contributed by atoms with Gasteiger partial charge >= 0.3 is 5.97 Å². The van der Waals surface area contributed by atoms with E-state index in [1.54, 1.807) is 19.1 Å². The number of thiazole rings is 1. The fourth-order valence-corrected chi connectivity index (χ4v) is 3.78. The molecular weight excluding hydrogens is 396 g/mol. The lowest BCUT2D eigenvalue weighted by Gasteiger charge is -2.05. The normalized spacial score (nSPS) is 10.8. The highest BCUT2D eigenvalue weighted by molar-refractivity contribution is 7.13. The van der Waals surface area contributed by atoms with Crippen molar-refractivity contribution in [3.63, 3.8) is 0 Å². The van der Waals surface area contributed by atoms with Gasteiger partial charge in [-0.25, -0.2) is 9.78 Å². The maximum atomic E-state index is 12.7. The fraction of sp³-hybridized carbons (Fsp3) is 0.0952. The number of aryl methyl sites for hydroxylation is 1. The number of carbonyl (C=O) groups excluding carboxylic acids is 1. The van der Waals surface area contributed by atoms with Crippen molar-refractivity contribution in [1.29, 1.82) is 0 Å². The topological polar surface area (TPSA) is 65.2 Å². The minimum atomic E-state index is -0.525. The molecule has 0 unspecified atom stereocenters. The van der Waals surface area contributed by atoms with Gasteiger partial charge in [0.1, 0.15) is 28.6 Å². The summed E-state index contributed by atoms with van der Waals surface area (Å²) < 4.78 is 10.7. The first-order valence-electron chi connectivity index (χ1n) is 8.51. The Labute approximate surface area is 170 Å². The molecule has 0 saturated heterocycles. The van der Waals surface area contributed by atoms with E-state index in [-0.39, 0.29) is 12.2 Å². The lowest BCUT2D eigenvalue weighted by molar-refractivity contribution is 0.0467. The molecule has 7 heteroatoms. The van der Waals surface area contributed by atoms with Crippen LogP contribution in [-0.2, 0) is 11.3 Å². The maximum Gasteiger partial charge on any atom is 0.344 e. The summed E-state index contributed by atoms with van der Waals surface area (Å²) in [5.41, 5.74) is 2.97. The average molecular weight is 411 g/mol. The van der Waals surface area contributed by atoms with Gasteiger partial charge in [0.25, 0.3) is 0 Å². The molecule has 0 radical (unpaired) electrons. The predicted octanol–water partition coefficient (Wildman–Crippen LogP) is 5.78. The molecule has 0 aliphatic rings. The molecule has 5 nitrogen and oxygen atoms in total. The van der Waals surface area contributed by atoms with Gasteiger partial charge in [-0.15, -0.1) is 11.3 Å². The lowest BCUT2D eigenvalue weighted by Crippen LogP contribution is -2.07. The van der Waals surface area contributed by atoms with Crippen LogP contribution in [0.4, 0.5) is 0 Å². The first-order chi connectivity index (χ1) is 13.6. The highest BCUT2D eigenvalue weighted by atomic mass is 35.5. The van der Waals surface area contributed by atoms with Crippen molar-refractivity contribution >= 4 is 28.9 Å². The minimum absolute atomic E-state index is 0.0642. The Morgan fingerprint density at radius 1 is 1.14 bits per heavy atom. The summed E-state index contributed by atoms with van der Waals surface area (Å²) in [7, 11) is 0. The molecule has 0 bridgehead atoms. The molecule has 4 aromatic rings. The van der Waals surface area contributed by atoms with E-state index in [0.717, 1.165) is 10.6 Å². The zero-order chi connectivity index (χ0) is 19.5. The molecule has 28 heavy (non-hydrogen) atoms. The van der Waals surface area contributed by atoms with Crippen molar-refractivity contribution in [1.82, 2.24) is 10.1 Å². The van der Waals surface area contributed by atoms with Crippen molar-refractivity contribution in [2.24, 2.45) is 0 Å². The third-order valence-corrected chi connectivity index (χ3v) is 5.39. The minimum Gasteiger partial charge on any atom is -0.455 e. The van der Waals surface area contributed by atoms with E-state index in [2.05, 4.69) is 10.1 Å². The average Bonchev–Trinajstić information content (AvgIpc) is 3.34. The van der Waals surface area contributed by atoms with Crippen LogP contribution in [0.2, 0.25) is 5.02 Å². The van der Waals surface area contributed by atoms with Crippen molar-refractivity contribution in [3.05, 3.63) is 82.0 Å². The van der Waals surface area contributed by atoms with Gasteiger partial charge in [0.15, 0.2) is 0 Å². The van der Waals surface area contributed by atoms with Gasteiger partial charge in [0.05, 0.1) is 10.7 Å². The number of esters is 1. The monoisotopic (exact) mass is 410 g/mol. The fourth-order valence-electron chi connectivity index (χ4n) is 2.75. The second-order valence-corrected chi connectivity index (χ2v) is 7.29. The second-order valence-electron chi connectivity index (χ2n) is 6.03. The number of aromatic nitrogens is 2. The third-order valence-electron chi connectivity index (χ3n) is 4.12. The van der Waals surface area contributed by atoms with Gasteiger partial charge in [-0.05, 0) is 13.0 Å². The van der Waals surface area contributed by atoms with Crippen LogP contribution in [0.3, 0.4) is 0 Å². The quantitative estimate of drug-likeness (QED) is 0.390. The van der Waals surface area contributed by atoms with Crippen LogP contribution in [0, 0.1) is 6.92 Å². The third kappa shape index (κ3) is 3.69. The van der Waals surface area contributed by atoms with E-state index < -0.39 is 5.97 Å². The molecule has 0 aliphatic carbocycles. The summed E-state index contributed by atoms with van der Waals surface area (Å²) in [4.78, 5) is 17.2. The molecule has 0 spiro atoms. The summed E-state index contributed by atoms with van der Waals surface area (Å²) in [5.74, 6) is -0.147. The highest BCUT2D eigenvalue weighted by Gasteiger charge is 2.24. The number of ether oxygens (including phenoxy) is 1. The van der Waals surface area contributed by atoms with Gasteiger partial charge in [0, 0.05) is 16.5 Å². The zero-order valence-electron chi connectivity index (χ0n) is 14.9. The smallest absolute Gasteiger partial charge is 0.344 e. The Morgan fingerprint density at radius 2 is 1.89 bits per heavy atom. The molecule has 0 N–H and O–H groups in total. The molecule has 2 aromatic carbocycles. The van der Waals surface area contributed by atoms with Crippen LogP contribution in [0.1, 0.15) is 21.8 Å². The zero-order valence-corrected chi connectivity index (χ0v) is 16.5. The van der Waals surface area contributed by atoms with Crippen molar-refractivity contribution in [2.75, 3.05) is 0 Å². The first kappa shape index (κ1) is 18.4. The molecule has 0 saturated carbocycles. The predicted molar refractivity (Wildman–Crippen MR) is 108 cm³/mol. The molecule has 2 heterocycles. The van der Waals surface area contributed by atoms with Gasteiger partial charge in [-0.1, -0.05) is 65.3 Å². The number of hydrogen-bond donors (Lipinski definition) is 0. The summed E-state index contributed by atoms with van der Waals surface area (Å²) >= 11 is 7.74. The van der Waals surface area contributed by atoms with Crippen LogP contribution < -0.4 is 0 Å². The number of nitrogens with zero attached hydrogens (tertiary/aromatic N) is 2. The lowest BCUT2D eigenvalue weighted by atomic mass is 10.1. The Bertz CT molecular complexity index is 1120. The van der Waals surface area contributed by atoms with Gasteiger partial charge in [0.2, 0.25) is 0 Å². The van der Waals surface area contributed by atoms with Crippen LogP contribution in [0.25, 0.3) is 21.8 Å². The number of halogens is 1. The Hall–Kier alpha value is -2.96. The van der Waals surface area contributed by atoms with E-state index in [0.29, 0.717) is 27.7 Å². The number of hydrogen-bond acceptors (Lipinski definition) is 6. The van der Waals surface area contributed by atoms with Gasteiger partial charge in [-0.2, -0.15) is 0 Å². The summed E-state index contributed by atoms with van der Waals surface area (Å²) in [6.07, 6.45) is 0.